The van der Waals surface area contributed by atoms with Crippen LogP contribution in [0.3, 0.4) is 0 Å². The van der Waals surface area contributed by atoms with Crippen molar-refractivity contribution in [3.05, 3.63) is 0 Å². The van der Waals surface area contributed by atoms with Crippen LogP contribution < -0.4 is 0 Å². The second-order valence-corrected chi connectivity index (χ2v) is 7.13. The standard InChI is InChI=1S/C17H32O/c1-14(2)17-11-10-15(16(17)13-17)9-7-5-3-4-6-8-12-18/h14-16,18H,3-13H2,1-2H3. The van der Waals surface area contributed by atoms with Crippen LogP contribution in [-0.4, -0.2) is 11.7 Å². The summed E-state index contributed by atoms with van der Waals surface area (Å²) >= 11 is 0. The Balaban J connectivity index is 1.52. The summed E-state index contributed by atoms with van der Waals surface area (Å²) in [7, 11) is 0. The van der Waals surface area contributed by atoms with Crippen molar-refractivity contribution in [1.82, 2.24) is 0 Å². The maximum absolute atomic E-state index is 8.72. The molecule has 2 saturated carbocycles. The van der Waals surface area contributed by atoms with E-state index >= 15 is 0 Å². The van der Waals surface area contributed by atoms with Crippen molar-refractivity contribution in [3.8, 4) is 0 Å². The lowest BCUT2D eigenvalue weighted by atomic mass is 9.90. The predicted molar refractivity (Wildman–Crippen MR) is 77.5 cm³/mol. The summed E-state index contributed by atoms with van der Waals surface area (Å²) in [4.78, 5) is 0. The van der Waals surface area contributed by atoms with Crippen LogP contribution in [-0.2, 0) is 0 Å². The monoisotopic (exact) mass is 252 g/mol. The Labute approximate surface area is 113 Å². The Bertz CT molecular complexity index is 248. The molecule has 0 bridgehead atoms. The van der Waals surface area contributed by atoms with Gasteiger partial charge < -0.3 is 5.11 Å². The van der Waals surface area contributed by atoms with E-state index in [2.05, 4.69) is 13.8 Å². The molecule has 0 spiro atoms. The van der Waals surface area contributed by atoms with Gasteiger partial charge in [-0.25, -0.2) is 0 Å². The SMILES string of the molecule is CC(C)C12CCC(CCCCCCCCO)C1C2. The molecule has 18 heavy (non-hydrogen) atoms. The van der Waals surface area contributed by atoms with Crippen LogP contribution in [0, 0.1) is 23.2 Å². The van der Waals surface area contributed by atoms with Crippen molar-refractivity contribution in [3.63, 3.8) is 0 Å². The van der Waals surface area contributed by atoms with E-state index < -0.39 is 0 Å². The largest absolute Gasteiger partial charge is 0.396 e. The second-order valence-electron chi connectivity index (χ2n) is 7.13. The van der Waals surface area contributed by atoms with Gasteiger partial charge in [0.05, 0.1) is 0 Å². The fourth-order valence-corrected chi connectivity index (χ4v) is 4.45. The molecule has 0 aromatic rings. The molecule has 0 radical (unpaired) electrons. The molecular weight excluding hydrogens is 220 g/mol. The number of unbranched alkanes of at least 4 members (excludes halogenated alkanes) is 5. The van der Waals surface area contributed by atoms with Gasteiger partial charge in [-0.2, -0.15) is 0 Å². The molecule has 1 N–H and O–H groups in total. The van der Waals surface area contributed by atoms with Crippen LogP contribution in [0.5, 0.6) is 0 Å². The van der Waals surface area contributed by atoms with E-state index in [0.29, 0.717) is 6.61 Å². The number of fused-ring (bicyclic) bond motifs is 1. The van der Waals surface area contributed by atoms with Gasteiger partial charge in [0.25, 0.3) is 0 Å². The first-order valence-electron chi connectivity index (χ1n) is 8.31. The summed E-state index contributed by atoms with van der Waals surface area (Å²) in [6, 6.07) is 0. The first-order valence-corrected chi connectivity index (χ1v) is 8.31. The lowest BCUT2D eigenvalue weighted by Crippen LogP contribution is -2.08. The Morgan fingerprint density at radius 2 is 1.72 bits per heavy atom. The fourth-order valence-electron chi connectivity index (χ4n) is 4.45. The highest BCUT2D eigenvalue weighted by molar-refractivity contribution is 5.11. The second kappa shape index (κ2) is 6.41. The number of aliphatic hydroxyl groups is 1. The van der Waals surface area contributed by atoms with Gasteiger partial charge >= 0.3 is 0 Å². The van der Waals surface area contributed by atoms with Gasteiger partial charge in [-0.15, -0.1) is 0 Å². The molecular formula is C17H32O. The molecule has 0 aliphatic heterocycles. The minimum Gasteiger partial charge on any atom is -0.396 e. The average molecular weight is 252 g/mol. The molecule has 0 amide bonds. The summed E-state index contributed by atoms with van der Waals surface area (Å²) in [5.74, 6) is 3.10. The van der Waals surface area contributed by atoms with Crippen LogP contribution in [0.25, 0.3) is 0 Å². The van der Waals surface area contributed by atoms with Crippen molar-refractivity contribution in [1.29, 1.82) is 0 Å². The van der Waals surface area contributed by atoms with Crippen LogP contribution in [0.1, 0.15) is 78.1 Å². The lowest BCUT2D eigenvalue weighted by molar-refractivity contribution is 0.282. The summed E-state index contributed by atoms with van der Waals surface area (Å²) in [6.07, 6.45) is 13.9. The van der Waals surface area contributed by atoms with E-state index in [9.17, 15) is 0 Å². The van der Waals surface area contributed by atoms with Gasteiger partial charge in [-0.1, -0.05) is 52.4 Å². The Kier molecular flexibility index (Phi) is 5.12. The quantitative estimate of drug-likeness (QED) is 0.585. The van der Waals surface area contributed by atoms with Crippen molar-refractivity contribution in [2.24, 2.45) is 23.2 Å². The van der Waals surface area contributed by atoms with E-state index in [1.807, 2.05) is 0 Å². The van der Waals surface area contributed by atoms with Gasteiger partial charge in [0, 0.05) is 6.61 Å². The number of rotatable bonds is 9. The molecule has 2 aliphatic carbocycles. The highest BCUT2D eigenvalue weighted by Crippen LogP contribution is 2.70. The Hall–Kier alpha value is -0.0400. The number of aliphatic hydroxyl groups excluding tert-OH is 1. The zero-order chi connectivity index (χ0) is 13.0. The van der Waals surface area contributed by atoms with Crippen molar-refractivity contribution < 1.29 is 5.11 Å². The van der Waals surface area contributed by atoms with Crippen LogP contribution in [0.15, 0.2) is 0 Å². The topological polar surface area (TPSA) is 20.2 Å². The third-order valence-corrected chi connectivity index (χ3v) is 5.86. The smallest absolute Gasteiger partial charge is 0.0431 e. The van der Waals surface area contributed by atoms with Gasteiger partial charge in [0.15, 0.2) is 0 Å². The van der Waals surface area contributed by atoms with Crippen LogP contribution in [0.4, 0.5) is 0 Å². The maximum Gasteiger partial charge on any atom is 0.0431 e. The lowest BCUT2D eigenvalue weighted by Gasteiger charge is -2.15. The normalized spacial score (nSPS) is 34.0. The van der Waals surface area contributed by atoms with E-state index in [1.165, 1.54) is 51.4 Å². The van der Waals surface area contributed by atoms with Gasteiger partial charge in [0.2, 0.25) is 0 Å². The highest BCUT2D eigenvalue weighted by atomic mass is 16.2. The Morgan fingerprint density at radius 3 is 2.28 bits per heavy atom. The molecule has 3 unspecified atom stereocenters. The first-order chi connectivity index (χ1) is 8.70. The summed E-state index contributed by atoms with van der Waals surface area (Å²) in [5, 5.41) is 8.72. The van der Waals surface area contributed by atoms with Gasteiger partial charge in [-0.05, 0) is 48.9 Å². The third-order valence-electron chi connectivity index (χ3n) is 5.86. The average Bonchev–Trinajstić information content (AvgIpc) is 3.00. The highest BCUT2D eigenvalue weighted by Gasteiger charge is 2.61. The molecule has 2 fully saturated rings. The molecule has 106 valence electrons. The molecule has 0 aromatic heterocycles. The number of hydrogen-bond donors (Lipinski definition) is 1. The maximum atomic E-state index is 8.72. The summed E-state index contributed by atoms with van der Waals surface area (Å²) in [6.45, 7) is 5.24. The summed E-state index contributed by atoms with van der Waals surface area (Å²) in [5.41, 5.74) is 0.797. The molecule has 1 heteroatoms. The van der Waals surface area contributed by atoms with Gasteiger partial charge in [0.1, 0.15) is 0 Å². The van der Waals surface area contributed by atoms with E-state index in [1.54, 1.807) is 6.42 Å². The fraction of sp³-hybridized carbons (Fsp3) is 1.00. The van der Waals surface area contributed by atoms with E-state index in [0.717, 1.165) is 29.6 Å². The molecule has 0 saturated heterocycles. The first kappa shape index (κ1) is 14.4. The van der Waals surface area contributed by atoms with Gasteiger partial charge in [-0.3, -0.25) is 0 Å². The number of hydrogen-bond acceptors (Lipinski definition) is 1. The molecule has 3 atom stereocenters. The minimum atomic E-state index is 0.376. The van der Waals surface area contributed by atoms with Crippen molar-refractivity contribution >= 4 is 0 Å². The van der Waals surface area contributed by atoms with Crippen molar-refractivity contribution in [2.75, 3.05) is 6.61 Å². The Morgan fingerprint density at radius 1 is 1.06 bits per heavy atom. The summed E-state index contributed by atoms with van der Waals surface area (Å²) < 4.78 is 0. The van der Waals surface area contributed by atoms with Crippen LogP contribution >= 0.6 is 0 Å². The molecule has 2 rings (SSSR count). The van der Waals surface area contributed by atoms with Crippen molar-refractivity contribution in [2.45, 2.75) is 78.1 Å². The molecule has 2 aliphatic rings. The third kappa shape index (κ3) is 3.10. The molecule has 1 nitrogen and oxygen atoms in total. The predicted octanol–water partition coefficient (Wildman–Crippen LogP) is 4.78. The zero-order valence-corrected chi connectivity index (χ0v) is 12.5. The minimum absolute atomic E-state index is 0.376. The zero-order valence-electron chi connectivity index (χ0n) is 12.5. The molecule has 0 aromatic carbocycles. The van der Waals surface area contributed by atoms with E-state index in [-0.39, 0.29) is 0 Å². The molecule has 0 heterocycles. The van der Waals surface area contributed by atoms with E-state index in [4.69, 9.17) is 5.11 Å². The van der Waals surface area contributed by atoms with Crippen LogP contribution in [0.2, 0.25) is 0 Å².